The van der Waals surface area contributed by atoms with Crippen LogP contribution in [0.5, 0.6) is 17.2 Å². The maximum atomic E-state index is 14.1. The summed E-state index contributed by atoms with van der Waals surface area (Å²) in [6, 6.07) is 16.6. The summed E-state index contributed by atoms with van der Waals surface area (Å²) >= 11 is 6.09. The Morgan fingerprint density at radius 3 is 2.07 bits per heavy atom. The number of halogens is 1. The van der Waals surface area contributed by atoms with E-state index in [0.29, 0.717) is 29.5 Å². The van der Waals surface area contributed by atoms with E-state index >= 15 is 0 Å². The highest BCUT2D eigenvalue weighted by Gasteiger charge is 2.34. The first-order chi connectivity index (χ1) is 20.1. The standard InChI is InChI=1S/C30H36ClN3O7S/c1-6-26(30(36)32-7-2)33(19-21-8-14-24(39-3)15-9-21)29(35)20-34(23-12-10-22(31)11-13-23)42(37,38)25-16-17-27(40-4)28(18-25)41-5/h8-18,26H,6-7,19-20H2,1-5H3,(H,32,36). The molecule has 0 bridgehead atoms. The summed E-state index contributed by atoms with van der Waals surface area (Å²) in [5, 5.41) is 3.18. The Morgan fingerprint density at radius 1 is 0.881 bits per heavy atom. The maximum Gasteiger partial charge on any atom is 0.264 e. The molecular weight excluding hydrogens is 582 g/mol. The van der Waals surface area contributed by atoms with Gasteiger partial charge in [-0.25, -0.2) is 8.42 Å². The third-order valence-electron chi connectivity index (χ3n) is 6.59. The average molecular weight is 618 g/mol. The van der Waals surface area contributed by atoms with Crippen LogP contribution in [-0.2, 0) is 26.2 Å². The molecule has 2 amide bonds. The fraction of sp³-hybridized carbons (Fsp3) is 0.333. The minimum absolute atomic E-state index is 0.0728. The van der Waals surface area contributed by atoms with Gasteiger partial charge in [-0.05, 0) is 67.4 Å². The highest BCUT2D eigenvalue weighted by Crippen LogP contribution is 2.33. The monoisotopic (exact) mass is 617 g/mol. The average Bonchev–Trinajstić information content (AvgIpc) is 3.00. The summed E-state index contributed by atoms with van der Waals surface area (Å²) in [7, 11) is 0.0912. The van der Waals surface area contributed by atoms with Crippen LogP contribution in [0.4, 0.5) is 5.69 Å². The molecule has 1 atom stereocenters. The molecule has 0 aliphatic rings. The number of hydrogen-bond donors (Lipinski definition) is 1. The van der Waals surface area contributed by atoms with Crippen LogP contribution < -0.4 is 23.8 Å². The van der Waals surface area contributed by atoms with E-state index in [4.69, 9.17) is 25.8 Å². The Morgan fingerprint density at radius 2 is 1.52 bits per heavy atom. The van der Waals surface area contributed by atoms with Crippen LogP contribution in [0.1, 0.15) is 25.8 Å². The lowest BCUT2D eigenvalue weighted by Gasteiger charge is -2.33. The molecule has 0 aliphatic heterocycles. The number of carbonyl (C=O) groups excluding carboxylic acids is 2. The van der Waals surface area contributed by atoms with Gasteiger partial charge in [0.1, 0.15) is 18.3 Å². The van der Waals surface area contributed by atoms with Crippen LogP contribution in [-0.4, -0.2) is 65.6 Å². The van der Waals surface area contributed by atoms with Crippen molar-refractivity contribution in [2.45, 2.75) is 37.8 Å². The van der Waals surface area contributed by atoms with Crippen molar-refractivity contribution in [3.63, 3.8) is 0 Å². The first kappa shape index (κ1) is 32.6. The predicted octanol–water partition coefficient (Wildman–Crippen LogP) is 4.50. The number of amides is 2. The number of methoxy groups -OCH3 is 3. The third-order valence-corrected chi connectivity index (χ3v) is 8.61. The first-order valence-electron chi connectivity index (χ1n) is 13.3. The number of ether oxygens (including phenoxy) is 3. The van der Waals surface area contributed by atoms with Crippen molar-refractivity contribution in [2.75, 3.05) is 38.7 Å². The first-order valence-corrected chi connectivity index (χ1v) is 15.1. The molecule has 0 radical (unpaired) electrons. The van der Waals surface area contributed by atoms with Gasteiger partial charge in [0.05, 0.1) is 31.9 Å². The quantitative estimate of drug-likeness (QED) is 0.283. The molecule has 3 aromatic carbocycles. The fourth-order valence-electron chi connectivity index (χ4n) is 4.38. The summed E-state index contributed by atoms with van der Waals surface area (Å²) in [6.45, 7) is 3.46. The minimum atomic E-state index is -4.31. The molecule has 1 N–H and O–H groups in total. The smallest absolute Gasteiger partial charge is 0.264 e. The minimum Gasteiger partial charge on any atom is -0.497 e. The van der Waals surface area contributed by atoms with Gasteiger partial charge < -0.3 is 24.4 Å². The lowest BCUT2D eigenvalue weighted by molar-refractivity contribution is -0.140. The van der Waals surface area contributed by atoms with Gasteiger partial charge in [-0.3, -0.25) is 13.9 Å². The third kappa shape index (κ3) is 7.65. The Labute approximate surface area is 252 Å². The van der Waals surface area contributed by atoms with Crippen LogP contribution in [0.2, 0.25) is 5.02 Å². The van der Waals surface area contributed by atoms with Crippen molar-refractivity contribution in [1.82, 2.24) is 10.2 Å². The summed E-state index contributed by atoms with van der Waals surface area (Å²) < 4.78 is 45.0. The van der Waals surface area contributed by atoms with E-state index in [1.165, 1.54) is 61.6 Å². The number of hydrogen-bond acceptors (Lipinski definition) is 7. The number of anilines is 1. The molecule has 3 rings (SSSR count). The van der Waals surface area contributed by atoms with Crippen LogP contribution in [0.25, 0.3) is 0 Å². The predicted molar refractivity (Wildman–Crippen MR) is 162 cm³/mol. The van der Waals surface area contributed by atoms with Gasteiger partial charge in [-0.1, -0.05) is 30.7 Å². The summed E-state index contributed by atoms with van der Waals surface area (Å²) in [5.74, 6) is 0.307. The van der Waals surface area contributed by atoms with E-state index in [1.54, 1.807) is 45.2 Å². The summed E-state index contributed by atoms with van der Waals surface area (Å²) in [5.41, 5.74) is 0.964. The van der Waals surface area contributed by atoms with Crippen molar-refractivity contribution < 1.29 is 32.2 Å². The van der Waals surface area contributed by atoms with E-state index in [9.17, 15) is 18.0 Å². The lowest BCUT2D eigenvalue weighted by atomic mass is 10.1. The van der Waals surface area contributed by atoms with Crippen molar-refractivity contribution in [2.24, 2.45) is 0 Å². The fourth-order valence-corrected chi connectivity index (χ4v) is 5.94. The van der Waals surface area contributed by atoms with Crippen LogP contribution >= 0.6 is 11.6 Å². The molecule has 0 saturated carbocycles. The Balaban J connectivity index is 2.08. The van der Waals surface area contributed by atoms with Crippen LogP contribution in [0.3, 0.4) is 0 Å². The molecule has 3 aromatic rings. The van der Waals surface area contributed by atoms with Gasteiger partial charge in [-0.15, -0.1) is 0 Å². The van der Waals surface area contributed by atoms with E-state index in [-0.39, 0.29) is 28.8 Å². The van der Waals surface area contributed by atoms with Gasteiger partial charge >= 0.3 is 0 Å². The van der Waals surface area contributed by atoms with Crippen LogP contribution in [0, 0.1) is 0 Å². The number of rotatable bonds is 14. The Kier molecular flexibility index (Phi) is 11.5. The molecule has 12 heteroatoms. The molecule has 0 aromatic heterocycles. The molecule has 226 valence electrons. The number of nitrogens with zero attached hydrogens (tertiary/aromatic N) is 2. The van der Waals surface area contributed by atoms with Crippen molar-refractivity contribution in [1.29, 1.82) is 0 Å². The SMILES string of the molecule is CCNC(=O)C(CC)N(Cc1ccc(OC)cc1)C(=O)CN(c1ccc(Cl)cc1)S(=O)(=O)c1ccc(OC)c(OC)c1. The van der Waals surface area contributed by atoms with Gasteiger partial charge in [0.15, 0.2) is 11.5 Å². The van der Waals surface area contributed by atoms with Gasteiger partial charge in [0.2, 0.25) is 11.8 Å². The molecule has 0 heterocycles. The molecule has 0 spiro atoms. The molecule has 0 aliphatic carbocycles. The lowest BCUT2D eigenvalue weighted by Crippen LogP contribution is -2.52. The van der Waals surface area contributed by atoms with E-state index < -0.39 is 28.5 Å². The second kappa shape index (κ2) is 14.8. The molecule has 1 unspecified atom stereocenters. The molecule has 42 heavy (non-hydrogen) atoms. The highest BCUT2D eigenvalue weighted by molar-refractivity contribution is 7.92. The normalized spacial score (nSPS) is 11.8. The number of nitrogens with one attached hydrogen (secondary N) is 1. The van der Waals surface area contributed by atoms with Crippen molar-refractivity contribution in [3.8, 4) is 17.2 Å². The summed E-state index contributed by atoms with van der Waals surface area (Å²) in [6.07, 6.45) is 0.317. The number of carbonyl (C=O) groups is 2. The largest absolute Gasteiger partial charge is 0.497 e. The summed E-state index contributed by atoms with van der Waals surface area (Å²) in [4.78, 5) is 28.4. The van der Waals surface area contributed by atoms with E-state index in [1.807, 2.05) is 0 Å². The zero-order valence-electron chi connectivity index (χ0n) is 24.3. The van der Waals surface area contributed by atoms with Crippen molar-refractivity contribution >= 4 is 39.1 Å². The second-order valence-electron chi connectivity index (χ2n) is 9.19. The van der Waals surface area contributed by atoms with E-state index in [2.05, 4.69) is 5.32 Å². The molecule has 0 saturated heterocycles. The zero-order valence-corrected chi connectivity index (χ0v) is 25.9. The molecule has 0 fully saturated rings. The highest BCUT2D eigenvalue weighted by atomic mass is 35.5. The van der Waals surface area contributed by atoms with E-state index in [0.717, 1.165) is 9.87 Å². The number of benzene rings is 3. The number of likely N-dealkylation sites (N-methyl/N-ethyl adjacent to an activating group) is 1. The second-order valence-corrected chi connectivity index (χ2v) is 11.5. The Hall–Kier alpha value is -3.96. The molecular formula is C30H36ClN3O7S. The maximum absolute atomic E-state index is 14.1. The topological polar surface area (TPSA) is 114 Å². The van der Waals surface area contributed by atoms with Crippen LogP contribution in [0.15, 0.2) is 71.6 Å². The Bertz CT molecular complexity index is 1470. The van der Waals surface area contributed by atoms with Crippen molar-refractivity contribution in [3.05, 3.63) is 77.3 Å². The van der Waals surface area contributed by atoms with Gasteiger partial charge in [0, 0.05) is 24.2 Å². The number of sulfonamides is 1. The molecule has 10 nitrogen and oxygen atoms in total. The van der Waals surface area contributed by atoms with Gasteiger partial charge in [0.25, 0.3) is 10.0 Å². The van der Waals surface area contributed by atoms with Gasteiger partial charge in [-0.2, -0.15) is 0 Å². The zero-order chi connectivity index (χ0) is 30.9.